The lowest BCUT2D eigenvalue weighted by Crippen LogP contribution is -2.45. The molecule has 2 aromatic rings. The number of fused-ring (bicyclic) bond motifs is 1. The number of guanidine groups is 1. The van der Waals surface area contributed by atoms with Crippen LogP contribution in [0.1, 0.15) is 18.1 Å². The van der Waals surface area contributed by atoms with Crippen molar-refractivity contribution in [2.75, 3.05) is 46.0 Å². The van der Waals surface area contributed by atoms with Crippen LogP contribution in [0, 0.1) is 0 Å². The Bertz CT molecular complexity index is 850. The Morgan fingerprint density at radius 1 is 1.00 bits per heavy atom. The van der Waals surface area contributed by atoms with Crippen molar-refractivity contribution in [1.82, 2.24) is 15.5 Å². The molecular formula is C24H32N4O3. The van der Waals surface area contributed by atoms with Crippen LogP contribution >= 0.6 is 0 Å². The van der Waals surface area contributed by atoms with Gasteiger partial charge in [-0.25, -0.2) is 4.99 Å². The third-order valence-electron chi connectivity index (χ3n) is 5.36. The minimum atomic E-state index is -0.0572. The number of para-hydroxylation sites is 2. The topological polar surface area (TPSA) is 67.4 Å². The molecule has 0 spiro atoms. The van der Waals surface area contributed by atoms with Crippen LogP contribution in [0.4, 0.5) is 0 Å². The number of benzene rings is 2. The zero-order chi connectivity index (χ0) is 21.3. The van der Waals surface area contributed by atoms with Crippen LogP contribution in [0.5, 0.6) is 11.5 Å². The van der Waals surface area contributed by atoms with Gasteiger partial charge in [-0.15, -0.1) is 0 Å². The van der Waals surface area contributed by atoms with Crippen LogP contribution in [0.15, 0.2) is 53.5 Å². The third kappa shape index (κ3) is 6.35. The molecule has 7 nitrogen and oxygen atoms in total. The van der Waals surface area contributed by atoms with E-state index in [1.165, 1.54) is 11.1 Å². The van der Waals surface area contributed by atoms with Crippen molar-refractivity contribution in [2.24, 2.45) is 4.99 Å². The van der Waals surface area contributed by atoms with Crippen LogP contribution < -0.4 is 20.1 Å². The molecule has 166 valence electrons. The van der Waals surface area contributed by atoms with Crippen molar-refractivity contribution >= 4 is 5.96 Å². The molecule has 2 heterocycles. The molecule has 1 saturated heterocycles. The summed E-state index contributed by atoms with van der Waals surface area (Å²) in [5.74, 6) is 2.37. The highest BCUT2D eigenvalue weighted by molar-refractivity contribution is 5.79. The molecule has 2 aliphatic heterocycles. The lowest BCUT2D eigenvalue weighted by Gasteiger charge is -2.27. The van der Waals surface area contributed by atoms with E-state index in [1.807, 2.05) is 24.3 Å². The van der Waals surface area contributed by atoms with Gasteiger partial charge in [0.05, 0.1) is 26.3 Å². The summed E-state index contributed by atoms with van der Waals surface area (Å²) in [4.78, 5) is 7.16. The molecule has 0 amide bonds. The Hall–Kier alpha value is -2.77. The number of rotatable bonds is 7. The first-order chi connectivity index (χ1) is 15.3. The monoisotopic (exact) mass is 424 g/mol. The first-order valence-electron chi connectivity index (χ1n) is 11.1. The van der Waals surface area contributed by atoms with Crippen molar-refractivity contribution in [3.63, 3.8) is 0 Å². The van der Waals surface area contributed by atoms with Crippen molar-refractivity contribution in [2.45, 2.75) is 26.1 Å². The molecule has 0 radical (unpaired) electrons. The highest BCUT2D eigenvalue weighted by Gasteiger charge is 2.20. The number of morpholine rings is 1. The van der Waals surface area contributed by atoms with Gasteiger partial charge in [0.2, 0.25) is 0 Å². The van der Waals surface area contributed by atoms with Crippen molar-refractivity contribution in [3.05, 3.63) is 59.7 Å². The summed E-state index contributed by atoms with van der Waals surface area (Å²) in [5, 5.41) is 6.67. The van der Waals surface area contributed by atoms with E-state index in [-0.39, 0.29) is 6.10 Å². The molecule has 2 aromatic carbocycles. The summed E-state index contributed by atoms with van der Waals surface area (Å²) in [6, 6.07) is 16.5. The van der Waals surface area contributed by atoms with Gasteiger partial charge in [-0.2, -0.15) is 0 Å². The summed E-state index contributed by atoms with van der Waals surface area (Å²) in [5.41, 5.74) is 2.52. The second-order valence-corrected chi connectivity index (χ2v) is 7.78. The molecule has 2 aliphatic rings. The normalized spacial score (nSPS) is 19.1. The lowest BCUT2D eigenvalue weighted by atomic mass is 10.1. The van der Waals surface area contributed by atoms with Crippen LogP contribution in [-0.4, -0.2) is 63.0 Å². The van der Waals surface area contributed by atoms with Gasteiger partial charge in [-0.3, -0.25) is 4.90 Å². The minimum Gasteiger partial charge on any atom is -0.486 e. The third-order valence-corrected chi connectivity index (χ3v) is 5.36. The van der Waals surface area contributed by atoms with E-state index < -0.39 is 0 Å². The van der Waals surface area contributed by atoms with Gasteiger partial charge in [-0.1, -0.05) is 36.4 Å². The fourth-order valence-corrected chi connectivity index (χ4v) is 3.65. The highest BCUT2D eigenvalue weighted by atomic mass is 16.6. The molecule has 1 fully saturated rings. The van der Waals surface area contributed by atoms with Crippen molar-refractivity contribution in [3.8, 4) is 11.5 Å². The summed E-state index contributed by atoms with van der Waals surface area (Å²) in [6.07, 6.45) is -0.0572. The van der Waals surface area contributed by atoms with E-state index in [1.54, 1.807) is 0 Å². The van der Waals surface area contributed by atoms with E-state index in [2.05, 4.69) is 46.7 Å². The highest BCUT2D eigenvalue weighted by Crippen LogP contribution is 2.30. The van der Waals surface area contributed by atoms with E-state index in [0.29, 0.717) is 19.7 Å². The smallest absolute Gasteiger partial charge is 0.191 e. The van der Waals surface area contributed by atoms with Crippen LogP contribution in [0.25, 0.3) is 0 Å². The quantitative estimate of drug-likeness (QED) is 0.526. The standard InChI is InChI=1S/C24H32N4O3/c1-2-25-24(27-16-21-18-30-22-5-3-4-6-23(22)31-21)26-15-19-7-9-20(10-8-19)17-28-11-13-29-14-12-28/h3-10,21H,2,11-18H2,1H3,(H2,25,26,27). The van der Waals surface area contributed by atoms with Gasteiger partial charge in [0.25, 0.3) is 0 Å². The Morgan fingerprint density at radius 2 is 1.74 bits per heavy atom. The van der Waals surface area contributed by atoms with Crippen molar-refractivity contribution in [1.29, 1.82) is 0 Å². The first kappa shape index (κ1) is 21.5. The zero-order valence-electron chi connectivity index (χ0n) is 18.2. The lowest BCUT2D eigenvalue weighted by molar-refractivity contribution is 0.0342. The molecular weight excluding hydrogens is 392 g/mol. The molecule has 2 N–H and O–H groups in total. The number of nitrogens with one attached hydrogen (secondary N) is 2. The predicted octanol–water partition coefficient (Wildman–Crippen LogP) is 2.41. The number of nitrogens with zero attached hydrogens (tertiary/aromatic N) is 2. The fourth-order valence-electron chi connectivity index (χ4n) is 3.65. The van der Waals surface area contributed by atoms with Gasteiger partial charge in [0.15, 0.2) is 17.5 Å². The van der Waals surface area contributed by atoms with Gasteiger partial charge < -0.3 is 24.8 Å². The Kier molecular flexibility index (Phi) is 7.63. The average Bonchev–Trinajstić information content (AvgIpc) is 2.82. The maximum atomic E-state index is 6.02. The van der Waals surface area contributed by atoms with Crippen LogP contribution in [0.3, 0.4) is 0 Å². The number of aliphatic imine (C=N–C) groups is 1. The number of hydrogen-bond acceptors (Lipinski definition) is 5. The summed E-state index contributed by atoms with van der Waals surface area (Å²) in [6.45, 7) is 9.28. The summed E-state index contributed by atoms with van der Waals surface area (Å²) >= 11 is 0. The van der Waals surface area contributed by atoms with E-state index in [0.717, 1.165) is 56.9 Å². The largest absolute Gasteiger partial charge is 0.486 e. The van der Waals surface area contributed by atoms with E-state index in [4.69, 9.17) is 19.2 Å². The van der Waals surface area contributed by atoms with E-state index >= 15 is 0 Å². The summed E-state index contributed by atoms with van der Waals surface area (Å²) < 4.78 is 17.2. The second-order valence-electron chi connectivity index (χ2n) is 7.78. The van der Waals surface area contributed by atoms with Gasteiger partial charge >= 0.3 is 0 Å². The predicted molar refractivity (Wildman–Crippen MR) is 122 cm³/mol. The zero-order valence-corrected chi connectivity index (χ0v) is 18.2. The second kappa shape index (κ2) is 11.0. The summed E-state index contributed by atoms with van der Waals surface area (Å²) in [7, 11) is 0. The molecule has 7 heteroatoms. The van der Waals surface area contributed by atoms with Gasteiger partial charge in [-0.05, 0) is 30.2 Å². The SMILES string of the molecule is CCNC(=NCc1ccc(CN2CCOCC2)cc1)NCC1COc2ccccc2O1. The first-order valence-corrected chi connectivity index (χ1v) is 11.1. The molecule has 1 unspecified atom stereocenters. The van der Waals surface area contributed by atoms with Gasteiger partial charge in [0, 0.05) is 26.2 Å². The molecule has 4 rings (SSSR count). The fraction of sp³-hybridized carbons (Fsp3) is 0.458. The average molecular weight is 425 g/mol. The van der Waals surface area contributed by atoms with Crippen molar-refractivity contribution < 1.29 is 14.2 Å². The molecule has 0 aliphatic carbocycles. The Morgan fingerprint density at radius 3 is 2.52 bits per heavy atom. The molecule has 1 atom stereocenters. The van der Waals surface area contributed by atoms with Crippen LogP contribution in [-0.2, 0) is 17.8 Å². The maximum Gasteiger partial charge on any atom is 0.191 e. The molecule has 0 aromatic heterocycles. The van der Waals surface area contributed by atoms with Crippen LogP contribution in [0.2, 0.25) is 0 Å². The Balaban J connectivity index is 1.27. The van der Waals surface area contributed by atoms with Gasteiger partial charge in [0.1, 0.15) is 12.7 Å². The van der Waals surface area contributed by atoms with E-state index in [9.17, 15) is 0 Å². The Labute approximate surface area is 184 Å². The molecule has 0 bridgehead atoms. The minimum absolute atomic E-state index is 0.0572. The molecule has 31 heavy (non-hydrogen) atoms. The number of hydrogen-bond donors (Lipinski definition) is 2. The number of ether oxygens (including phenoxy) is 3. The molecule has 0 saturated carbocycles. The maximum absolute atomic E-state index is 6.02.